The topological polar surface area (TPSA) is 87.1 Å². The smallest absolute Gasteiger partial charge is 0.310 e. The van der Waals surface area contributed by atoms with Gasteiger partial charge < -0.3 is 19.6 Å². The zero-order chi connectivity index (χ0) is 27.0. The Morgan fingerprint density at radius 1 is 1.33 bits per heavy atom. The predicted octanol–water partition coefficient (Wildman–Crippen LogP) is 3.79. The van der Waals surface area contributed by atoms with Gasteiger partial charge in [-0.3, -0.25) is 14.4 Å². The maximum Gasteiger partial charge on any atom is 0.310 e. The van der Waals surface area contributed by atoms with E-state index in [0.717, 1.165) is 0 Å². The molecule has 7 atom stereocenters. The zero-order valence-corrected chi connectivity index (χ0v) is 24.5. The largest absolute Gasteiger partial charge is 0.465 e. The number of carbonyl (C=O) groups excluding carboxylic acids is 3. The predicted molar refractivity (Wildman–Crippen MR) is 147 cm³/mol. The molecule has 2 amide bonds. The molecular weight excluding hydrogens is 544 g/mol. The van der Waals surface area contributed by atoms with E-state index in [2.05, 4.69) is 29.1 Å². The molecule has 0 radical (unpaired) electrons. The van der Waals surface area contributed by atoms with Crippen LogP contribution in [0.15, 0.2) is 25.3 Å². The van der Waals surface area contributed by atoms with Gasteiger partial charge in [0.05, 0.1) is 35.8 Å². The van der Waals surface area contributed by atoms with Gasteiger partial charge in [-0.05, 0) is 46.0 Å². The van der Waals surface area contributed by atoms with Crippen LogP contribution in [0.5, 0.6) is 0 Å². The molecule has 0 aromatic heterocycles. The first-order chi connectivity index (χ1) is 16.8. The summed E-state index contributed by atoms with van der Waals surface area (Å²) in [6.45, 7) is 17.8. The summed E-state index contributed by atoms with van der Waals surface area (Å²) in [7, 11) is 0. The van der Waals surface area contributed by atoms with Gasteiger partial charge in [-0.2, -0.15) is 0 Å². The van der Waals surface area contributed by atoms with Gasteiger partial charge in [0.2, 0.25) is 11.8 Å². The molecule has 9 heteroatoms. The van der Waals surface area contributed by atoms with Crippen LogP contribution in [-0.4, -0.2) is 84.9 Å². The third-order valence-corrected chi connectivity index (χ3v) is 10.8. The van der Waals surface area contributed by atoms with Crippen LogP contribution in [0.25, 0.3) is 0 Å². The van der Waals surface area contributed by atoms with E-state index in [1.807, 2.05) is 34.6 Å². The summed E-state index contributed by atoms with van der Waals surface area (Å²) in [5, 5.41) is 10.2. The molecule has 0 aromatic carbocycles. The number of likely N-dealkylation sites (tertiary alicyclic amines) is 1. The molecule has 2 bridgehead atoms. The summed E-state index contributed by atoms with van der Waals surface area (Å²) in [5.74, 6) is -1.88. The monoisotopic (exact) mass is 584 g/mol. The average Bonchev–Trinajstić information content (AvgIpc) is 3.38. The van der Waals surface area contributed by atoms with E-state index in [-0.39, 0.29) is 41.0 Å². The number of aliphatic hydroxyl groups excluding tert-OH is 1. The van der Waals surface area contributed by atoms with Crippen LogP contribution in [0.3, 0.4) is 0 Å². The summed E-state index contributed by atoms with van der Waals surface area (Å²) >= 11 is 5.36. The SMILES string of the molecule is C=CCCOC(=O)[C@H]1[C@H]2C(=O)N([C@@H](CO)CC(C)C)C(C(=O)N(CC=C)C(C)(C)C)C23CC(Br)[C@@H]1S3. The second-order valence-corrected chi connectivity index (χ2v) is 14.2. The Hall–Kier alpha value is -1.32. The van der Waals surface area contributed by atoms with E-state index >= 15 is 0 Å². The molecular formula is C27H41BrN2O5S. The number of hydrogen-bond acceptors (Lipinski definition) is 6. The number of amides is 2. The summed E-state index contributed by atoms with van der Waals surface area (Å²) in [4.78, 5) is 45.3. The average molecular weight is 586 g/mol. The minimum atomic E-state index is -0.786. The number of ether oxygens (including phenoxy) is 1. The van der Waals surface area contributed by atoms with Crippen molar-refractivity contribution in [2.45, 2.75) is 86.3 Å². The number of halogens is 1. The second-order valence-electron chi connectivity index (χ2n) is 11.5. The maximum absolute atomic E-state index is 14.4. The van der Waals surface area contributed by atoms with Gasteiger partial charge in [0.25, 0.3) is 0 Å². The molecule has 0 saturated carbocycles. The van der Waals surface area contributed by atoms with Crippen LogP contribution in [0.1, 0.15) is 53.9 Å². The van der Waals surface area contributed by atoms with E-state index in [9.17, 15) is 19.5 Å². The van der Waals surface area contributed by atoms with E-state index < -0.39 is 40.2 Å². The molecule has 3 rings (SSSR count). The maximum atomic E-state index is 14.4. The quantitative estimate of drug-likeness (QED) is 0.172. The molecule has 3 aliphatic heterocycles. The van der Waals surface area contributed by atoms with Gasteiger partial charge in [-0.15, -0.1) is 24.9 Å². The summed E-state index contributed by atoms with van der Waals surface area (Å²) < 4.78 is 4.80. The zero-order valence-electron chi connectivity index (χ0n) is 22.1. The minimum absolute atomic E-state index is 0.0288. The highest BCUT2D eigenvalue weighted by Gasteiger charge is 2.76. The molecule has 3 unspecified atom stereocenters. The van der Waals surface area contributed by atoms with Crippen molar-refractivity contribution in [3.8, 4) is 0 Å². The lowest BCUT2D eigenvalue weighted by molar-refractivity contribution is -0.154. The molecule has 0 aromatic rings. The Morgan fingerprint density at radius 3 is 2.53 bits per heavy atom. The number of thioether (sulfide) groups is 1. The molecule has 1 N–H and O–H groups in total. The van der Waals surface area contributed by atoms with Crippen LogP contribution >= 0.6 is 27.7 Å². The van der Waals surface area contributed by atoms with Crippen LogP contribution in [0, 0.1) is 17.8 Å². The standard InChI is InChI=1S/C27H41BrN2O5S/c1-8-10-12-35-25(34)19-20-23(32)30(17(15-31)13-16(3)4)22(27(20)14-18(28)21(19)36-27)24(33)29(11-9-2)26(5,6)7/h8-9,16-22,31H,1-2,10-15H2,3-7H3/t17-,18?,19+,20+,21+,22?,27?/m1/s1. The number of fused-ring (bicyclic) bond motifs is 1. The second kappa shape index (κ2) is 11.2. The lowest BCUT2D eigenvalue weighted by Gasteiger charge is -2.44. The highest BCUT2D eigenvalue weighted by atomic mass is 79.9. The number of hydrogen-bond donors (Lipinski definition) is 1. The fraction of sp³-hybridized carbons (Fsp3) is 0.741. The van der Waals surface area contributed by atoms with Crippen molar-refractivity contribution in [2.75, 3.05) is 19.8 Å². The normalized spacial score (nSPS) is 31.9. The molecule has 7 nitrogen and oxygen atoms in total. The van der Waals surface area contributed by atoms with E-state index in [0.29, 0.717) is 25.8 Å². The fourth-order valence-corrected chi connectivity index (χ4v) is 9.72. The van der Waals surface area contributed by atoms with Crippen molar-refractivity contribution in [1.29, 1.82) is 0 Å². The van der Waals surface area contributed by atoms with Crippen LogP contribution in [0.4, 0.5) is 0 Å². The van der Waals surface area contributed by atoms with Crippen molar-refractivity contribution >= 4 is 45.5 Å². The molecule has 3 saturated heterocycles. The Bertz CT molecular complexity index is 890. The van der Waals surface area contributed by atoms with E-state index in [1.54, 1.807) is 33.7 Å². The first-order valence-electron chi connectivity index (χ1n) is 12.8. The Labute approximate surface area is 228 Å². The first-order valence-corrected chi connectivity index (χ1v) is 14.6. The van der Waals surface area contributed by atoms with Crippen molar-refractivity contribution in [3.63, 3.8) is 0 Å². The fourth-order valence-electron chi connectivity index (χ4n) is 6.14. The van der Waals surface area contributed by atoms with Gasteiger partial charge >= 0.3 is 5.97 Å². The van der Waals surface area contributed by atoms with Gasteiger partial charge in [-0.1, -0.05) is 41.9 Å². The highest BCUT2D eigenvalue weighted by Crippen LogP contribution is 2.68. The van der Waals surface area contributed by atoms with Gasteiger partial charge in [0.1, 0.15) is 6.04 Å². The lowest BCUT2D eigenvalue weighted by Crippen LogP contribution is -2.61. The van der Waals surface area contributed by atoms with E-state index in [1.165, 1.54) is 0 Å². The minimum Gasteiger partial charge on any atom is -0.465 e. The van der Waals surface area contributed by atoms with Crippen molar-refractivity contribution < 1.29 is 24.2 Å². The Kier molecular flexibility index (Phi) is 9.09. The molecule has 36 heavy (non-hydrogen) atoms. The number of rotatable bonds is 11. The van der Waals surface area contributed by atoms with Crippen molar-refractivity contribution in [1.82, 2.24) is 9.80 Å². The first kappa shape index (κ1) is 29.2. The molecule has 3 heterocycles. The number of esters is 1. The third-order valence-electron chi connectivity index (χ3n) is 7.53. The van der Waals surface area contributed by atoms with Gasteiger partial charge in [-0.25, -0.2) is 0 Å². The molecule has 202 valence electrons. The van der Waals surface area contributed by atoms with Crippen molar-refractivity contribution in [2.24, 2.45) is 17.8 Å². The molecule has 1 spiro atoms. The molecule has 3 fully saturated rings. The number of nitrogens with zero attached hydrogens (tertiary/aromatic N) is 2. The van der Waals surface area contributed by atoms with Crippen LogP contribution in [-0.2, 0) is 19.1 Å². The van der Waals surface area contributed by atoms with Gasteiger partial charge in [0, 0.05) is 22.2 Å². The molecule has 3 aliphatic rings. The molecule has 0 aliphatic carbocycles. The van der Waals surface area contributed by atoms with Gasteiger partial charge in [0.15, 0.2) is 0 Å². The van der Waals surface area contributed by atoms with Crippen molar-refractivity contribution in [3.05, 3.63) is 25.3 Å². The van der Waals surface area contributed by atoms with Crippen LogP contribution in [0.2, 0.25) is 0 Å². The third kappa shape index (κ3) is 5.04. The highest BCUT2D eigenvalue weighted by molar-refractivity contribution is 9.09. The summed E-state index contributed by atoms with van der Waals surface area (Å²) in [6, 6.07) is -1.30. The number of carbonyl (C=O) groups is 3. The summed E-state index contributed by atoms with van der Waals surface area (Å²) in [5.41, 5.74) is -0.500. The Morgan fingerprint density at radius 2 is 2.00 bits per heavy atom. The Balaban J connectivity index is 2.12. The van der Waals surface area contributed by atoms with E-state index in [4.69, 9.17) is 4.74 Å². The van der Waals surface area contributed by atoms with Crippen LogP contribution < -0.4 is 0 Å². The summed E-state index contributed by atoms with van der Waals surface area (Å²) in [6.07, 6.45) is 5.07. The number of alkyl halides is 1. The number of aliphatic hydroxyl groups is 1. The lowest BCUT2D eigenvalue weighted by atomic mass is 9.71.